The summed E-state index contributed by atoms with van der Waals surface area (Å²) < 4.78 is 10.7. The molecule has 108 valence electrons. The number of hydrogen-bond acceptors (Lipinski definition) is 7. The first-order valence-electron chi connectivity index (χ1n) is 6.66. The van der Waals surface area contributed by atoms with Crippen LogP contribution in [0.2, 0.25) is 0 Å². The average Bonchev–Trinajstić information content (AvgIpc) is 2.52. The Hall–Kier alpha value is -1.91. The molecule has 0 aromatic carbocycles. The number of anilines is 2. The Bertz CT molecular complexity index is 488. The molecule has 1 aliphatic rings. The van der Waals surface area contributed by atoms with Gasteiger partial charge in [0.05, 0.1) is 19.2 Å². The number of aromatic nitrogens is 2. The largest absolute Gasteiger partial charge is 0.374 e. The minimum absolute atomic E-state index is 0.380. The van der Waals surface area contributed by atoms with Crippen LogP contribution in [0.4, 0.5) is 11.6 Å². The van der Waals surface area contributed by atoms with Crippen molar-refractivity contribution in [3.8, 4) is 6.07 Å². The van der Waals surface area contributed by atoms with E-state index in [1.807, 2.05) is 24.9 Å². The van der Waals surface area contributed by atoms with Gasteiger partial charge in [0, 0.05) is 26.3 Å². The van der Waals surface area contributed by atoms with Gasteiger partial charge in [-0.2, -0.15) is 5.26 Å². The van der Waals surface area contributed by atoms with E-state index in [1.54, 1.807) is 0 Å². The minimum atomic E-state index is -0.410. The lowest BCUT2D eigenvalue weighted by atomic mass is 10.3. The summed E-state index contributed by atoms with van der Waals surface area (Å²) in [7, 11) is 1.81. The van der Waals surface area contributed by atoms with Gasteiger partial charge in [-0.25, -0.2) is 9.97 Å². The Kier molecular flexibility index (Phi) is 5.09. The van der Waals surface area contributed by atoms with Crippen molar-refractivity contribution in [3.05, 3.63) is 11.9 Å². The fourth-order valence-corrected chi connectivity index (χ4v) is 1.97. The molecule has 0 amide bonds. The van der Waals surface area contributed by atoms with Gasteiger partial charge in [-0.15, -0.1) is 0 Å². The Morgan fingerprint density at radius 2 is 2.45 bits per heavy atom. The van der Waals surface area contributed by atoms with Crippen LogP contribution in [-0.2, 0) is 16.1 Å². The summed E-state index contributed by atoms with van der Waals surface area (Å²) >= 11 is 0. The second kappa shape index (κ2) is 7.03. The molecule has 7 heteroatoms. The maximum Gasteiger partial charge on any atom is 0.161 e. The molecule has 0 bridgehead atoms. The topological polar surface area (TPSA) is 83.3 Å². The van der Waals surface area contributed by atoms with Crippen LogP contribution in [0.3, 0.4) is 0 Å². The maximum absolute atomic E-state index is 8.96. The summed E-state index contributed by atoms with van der Waals surface area (Å²) in [4.78, 5) is 10.9. The molecular weight excluding hydrogens is 258 g/mol. The van der Waals surface area contributed by atoms with Gasteiger partial charge in [0.1, 0.15) is 18.2 Å². The zero-order valence-electron chi connectivity index (χ0n) is 11.8. The third-order valence-corrected chi connectivity index (χ3v) is 2.98. The van der Waals surface area contributed by atoms with E-state index >= 15 is 0 Å². The fourth-order valence-electron chi connectivity index (χ4n) is 1.97. The van der Waals surface area contributed by atoms with Crippen LogP contribution in [0.15, 0.2) is 6.07 Å². The molecular formula is C13H19N5O2. The van der Waals surface area contributed by atoms with Crippen LogP contribution in [0.1, 0.15) is 12.7 Å². The number of ether oxygens (including phenoxy) is 2. The molecule has 1 fully saturated rings. The first-order valence-corrected chi connectivity index (χ1v) is 6.66. The van der Waals surface area contributed by atoms with E-state index in [-0.39, 0.29) is 0 Å². The predicted octanol–water partition coefficient (Wildman–Crippen LogP) is 0.784. The van der Waals surface area contributed by atoms with Crippen molar-refractivity contribution in [1.82, 2.24) is 9.97 Å². The highest BCUT2D eigenvalue weighted by Gasteiger charge is 2.22. The lowest BCUT2D eigenvalue weighted by Crippen LogP contribution is -2.42. The van der Waals surface area contributed by atoms with Crippen LogP contribution < -0.4 is 10.2 Å². The molecule has 1 aromatic heterocycles. The lowest BCUT2D eigenvalue weighted by molar-refractivity contribution is 0.0760. The molecule has 1 aliphatic heterocycles. The van der Waals surface area contributed by atoms with Gasteiger partial charge in [0.15, 0.2) is 11.9 Å². The molecule has 1 N–H and O–H groups in total. The summed E-state index contributed by atoms with van der Waals surface area (Å²) in [6.45, 7) is 4.69. The molecule has 7 nitrogen and oxygen atoms in total. The number of hydrogen-bond donors (Lipinski definition) is 1. The third kappa shape index (κ3) is 3.56. The predicted molar refractivity (Wildman–Crippen MR) is 74.5 cm³/mol. The number of nitrogens with zero attached hydrogens (tertiary/aromatic N) is 4. The SMILES string of the molecule is CCOCc1nc(NC)cc(N2CCOC(C#N)C2)n1. The van der Waals surface area contributed by atoms with E-state index in [2.05, 4.69) is 21.4 Å². The Labute approximate surface area is 118 Å². The van der Waals surface area contributed by atoms with Crippen LogP contribution in [0, 0.1) is 11.3 Å². The highest BCUT2D eigenvalue weighted by atomic mass is 16.5. The van der Waals surface area contributed by atoms with Gasteiger partial charge < -0.3 is 19.7 Å². The Balaban J connectivity index is 2.19. The van der Waals surface area contributed by atoms with E-state index in [4.69, 9.17) is 14.7 Å². The maximum atomic E-state index is 8.96. The third-order valence-electron chi connectivity index (χ3n) is 2.98. The quantitative estimate of drug-likeness (QED) is 0.851. The van der Waals surface area contributed by atoms with Crippen LogP contribution >= 0.6 is 0 Å². The molecule has 1 unspecified atom stereocenters. The monoisotopic (exact) mass is 277 g/mol. The zero-order chi connectivity index (χ0) is 14.4. The van der Waals surface area contributed by atoms with E-state index in [0.717, 1.165) is 11.6 Å². The molecule has 1 saturated heterocycles. The fraction of sp³-hybridized carbons (Fsp3) is 0.615. The summed E-state index contributed by atoms with van der Waals surface area (Å²) in [5, 5.41) is 12.0. The summed E-state index contributed by atoms with van der Waals surface area (Å²) in [5.41, 5.74) is 0. The van der Waals surface area contributed by atoms with Crippen LogP contribution in [-0.4, -0.2) is 49.4 Å². The molecule has 0 radical (unpaired) electrons. The highest BCUT2D eigenvalue weighted by molar-refractivity contribution is 5.49. The number of nitriles is 1. The number of rotatable bonds is 5. The van der Waals surface area contributed by atoms with Gasteiger partial charge in [-0.05, 0) is 6.92 Å². The first kappa shape index (κ1) is 14.5. The van der Waals surface area contributed by atoms with Gasteiger partial charge in [0.2, 0.25) is 0 Å². The second-order valence-electron chi connectivity index (χ2n) is 4.35. The molecule has 0 saturated carbocycles. The molecule has 1 atom stereocenters. The average molecular weight is 277 g/mol. The first-order chi connectivity index (χ1) is 9.76. The van der Waals surface area contributed by atoms with E-state index in [9.17, 15) is 0 Å². The summed E-state index contributed by atoms with van der Waals surface area (Å²) in [5.74, 6) is 2.17. The van der Waals surface area contributed by atoms with Crippen LogP contribution in [0.25, 0.3) is 0 Å². The molecule has 2 rings (SSSR count). The summed E-state index contributed by atoms with van der Waals surface area (Å²) in [6, 6.07) is 4.00. The lowest BCUT2D eigenvalue weighted by Gasteiger charge is -2.31. The number of nitrogens with one attached hydrogen (secondary N) is 1. The van der Waals surface area contributed by atoms with Crippen molar-refractivity contribution >= 4 is 11.6 Å². The molecule has 2 heterocycles. The van der Waals surface area contributed by atoms with Crippen molar-refractivity contribution in [2.75, 3.05) is 43.6 Å². The van der Waals surface area contributed by atoms with Gasteiger partial charge in [0.25, 0.3) is 0 Å². The summed E-state index contributed by atoms with van der Waals surface area (Å²) in [6.07, 6.45) is -0.410. The standard InChI is InChI=1S/C13H19N5O2/c1-3-19-9-12-16-11(15-2)6-13(17-12)18-4-5-20-10(7-14)8-18/h6,10H,3-5,8-9H2,1-2H3,(H,15,16,17). The van der Waals surface area contributed by atoms with E-state index < -0.39 is 6.10 Å². The van der Waals surface area contributed by atoms with Crippen molar-refractivity contribution in [2.45, 2.75) is 19.6 Å². The van der Waals surface area contributed by atoms with E-state index in [0.29, 0.717) is 38.7 Å². The zero-order valence-corrected chi connectivity index (χ0v) is 11.8. The second-order valence-corrected chi connectivity index (χ2v) is 4.35. The minimum Gasteiger partial charge on any atom is -0.374 e. The van der Waals surface area contributed by atoms with E-state index in [1.165, 1.54) is 0 Å². The van der Waals surface area contributed by atoms with Crippen molar-refractivity contribution < 1.29 is 9.47 Å². The van der Waals surface area contributed by atoms with Gasteiger partial charge in [-0.1, -0.05) is 0 Å². The van der Waals surface area contributed by atoms with Gasteiger partial charge >= 0.3 is 0 Å². The van der Waals surface area contributed by atoms with Crippen molar-refractivity contribution in [1.29, 1.82) is 5.26 Å². The molecule has 1 aromatic rings. The molecule has 0 aliphatic carbocycles. The van der Waals surface area contributed by atoms with Gasteiger partial charge in [-0.3, -0.25) is 0 Å². The highest BCUT2D eigenvalue weighted by Crippen LogP contribution is 2.19. The molecule has 20 heavy (non-hydrogen) atoms. The Morgan fingerprint density at radius 3 is 3.15 bits per heavy atom. The van der Waals surface area contributed by atoms with Crippen LogP contribution in [0.5, 0.6) is 0 Å². The number of morpholine rings is 1. The van der Waals surface area contributed by atoms with Crippen molar-refractivity contribution in [3.63, 3.8) is 0 Å². The van der Waals surface area contributed by atoms with Crippen molar-refractivity contribution in [2.24, 2.45) is 0 Å². The normalized spacial score (nSPS) is 18.6. The Morgan fingerprint density at radius 1 is 1.60 bits per heavy atom. The smallest absolute Gasteiger partial charge is 0.161 e. The molecule has 0 spiro atoms.